The van der Waals surface area contributed by atoms with Gasteiger partial charge in [0.05, 0.1) is 34.6 Å². The molecule has 172 valence electrons. The van der Waals surface area contributed by atoms with Gasteiger partial charge in [-0.2, -0.15) is 5.10 Å². The van der Waals surface area contributed by atoms with Crippen LogP contribution in [-0.2, 0) is 6.61 Å². The topological polar surface area (TPSA) is 64.8 Å². The SMILES string of the molecule is COc1cc(/C=N\NC(=O)c2ccccc2-n2cccc2)ccc1OCc1ccc(Cl)c(Cl)c1. The van der Waals surface area contributed by atoms with E-state index >= 15 is 0 Å². The molecule has 0 aliphatic rings. The Morgan fingerprint density at radius 1 is 0.971 bits per heavy atom. The monoisotopic (exact) mass is 493 g/mol. The largest absolute Gasteiger partial charge is 0.493 e. The number of amides is 1. The summed E-state index contributed by atoms with van der Waals surface area (Å²) in [6.45, 7) is 0.303. The van der Waals surface area contributed by atoms with Crippen LogP contribution in [0.2, 0.25) is 10.0 Å². The second-order valence-corrected chi connectivity index (χ2v) is 8.07. The van der Waals surface area contributed by atoms with Crippen LogP contribution in [0.25, 0.3) is 5.69 Å². The summed E-state index contributed by atoms with van der Waals surface area (Å²) in [5, 5.41) is 5.06. The number of ether oxygens (including phenoxy) is 2. The number of rotatable bonds is 8. The minimum atomic E-state index is -0.311. The molecular weight excluding hydrogens is 473 g/mol. The zero-order chi connectivity index (χ0) is 23.9. The van der Waals surface area contributed by atoms with Crippen LogP contribution in [0, 0.1) is 0 Å². The third-order valence-electron chi connectivity index (χ3n) is 4.98. The van der Waals surface area contributed by atoms with Crippen molar-refractivity contribution >= 4 is 35.3 Å². The average Bonchev–Trinajstić information content (AvgIpc) is 3.40. The Morgan fingerprint density at radius 2 is 1.76 bits per heavy atom. The van der Waals surface area contributed by atoms with Crippen LogP contribution in [0.15, 0.2) is 90.3 Å². The van der Waals surface area contributed by atoms with E-state index in [0.29, 0.717) is 33.7 Å². The van der Waals surface area contributed by atoms with E-state index in [1.165, 1.54) is 0 Å². The fraction of sp³-hybridized carbons (Fsp3) is 0.0769. The minimum absolute atomic E-state index is 0.303. The van der Waals surface area contributed by atoms with Crippen LogP contribution in [0.1, 0.15) is 21.5 Å². The molecule has 0 atom stereocenters. The molecule has 0 saturated carbocycles. The number of hydrogen-bond acceptors (Lipinski definition) is 4. The third-order valence-corrected chi connectivity index (χ3v) is 5.72. The maximum absolute atomic E-state index is 12.7. The van der Waals surface area contributed by atoms with E-state index in [-0.39, 0.29) is 5.91 Å². The van der Waals surface area contributed by atoms with Crippen molar-refractivity contribution in [3.8, 4) is 17.2 Å². The molecule has 1 amide bonds. The van der Waals surface area contributed by atoms with Crippen LogP contribution in [0.4, 0.5) is 0 Å². The minimum Gasteiger partial charge on any atom is -0.493 e. The number of hydrogen-bond donors (Lipinski definition) is 1. The lowest BCUT2D eigenvalue weighted by atomic mass is 10.1. The normalized spacial score (nSPS) is 10.9. The van der Waals surface area contributed by atoms with Crippen molar-refractivity contribution in [1.82, 2.24) is 9.99 Å². The maximum Gasteiger partial charge on any atom is 0.273 e. The third kappa shape index (κ3) is 5.60. The van der Waals surface area contributed by atoms with E-state index in [9.17, 15) is 4.79 Å². The Hall–Kier alpha value is -3.74. The zero-order valence-corrected chi connectivity index (χ0v) is 19.8. The Bertz CT molecular complexity index is 1320. The van der Waals surface area contributed by atoms with E-state index in [4.69, 9.17) is 32.7 Å². The van der Waals surface area contributed by atoms with Gasteiger partial charge in [-0.1, -0.05) is 41.4 Å². The molecule has 0 saturated heterocycles. The van der Waals surface area contributed by atoms with E-state index in [0.717, 1.165) is 16.8 Å². The fourth-order valence-electron chi connectivity index (χ4n) is 3.29. The Labute approximate surface area is 207 Å². The van der Waals surface area contributed by atoms with Crippen molar-refractivity contribution in [2.45, 2.75) is 6.61 Å². The number of carbonyl (C=O) groups excluding carboxylic acids is 1. The molecule has 0 bridgehead atoms. The van der Waals surface area contributed by atoms with E-state index in [1.54, 1.807) is 43.7 Å². The second kappa shape index (κ2) is 10.9. The van der Waals surface area contributed by atoms with Crippen LogP contribution < -0.4 is 14.9 Å². The first-order chi connectivity index (χ1) is 16.5. The highest BCUT2D eigenvalue weighted by Crippen LogP contribution is 2.29. The smallest absolute Gasteiger partial charge is 0.273 e. The Kier molecular flexibility index (Phi) is 7.52. The molecule has 1 aromatic heterocycles. The number of aromatic nitrogens is 1. The molecular formula is C26H21Cl2N3O3. The van der Waals surface area contributed by atoms with Gasteiger partial charge in [-0.05, 0) is 65.7 Å². The van der Waals surface area contributed by atoms with Gasteiger partial charge in [0.1, 0.15) is 6.61 Å². The van der Waals surface area contributed by atoms with Gasteiger partial charge >= 0.3 is 0 Å². The molecule has 4 aromatic rings. The molecule has 34 heavy (non-hydrogen) atoms. The molecule has 0 spiro atoms. The van der Waals surface area contributed by atoms with Crippen LogP contribution >= 0.6 is 23.2 Å². The van der Waals surface area contributed by atoms with E-state index in [2.05, 4.69) is 10.5 Å². The number of halogens is 2. The predicted octanol–water partition coefficient (Wildman–Crippen LogP) is 6.14. The number of methoxy groups -OCH3 is 1. The summed E-state index contributed by atoms with van der Waals surface area (Å²) in [4.78, 5) is 12.7. The van der Waals surface area contributed by atoms with Crippen molar-refractivity contribution in [3.63, 3.8) is 0 Å². The quantitative estimate of drug-likeness (QED) is 0.237. The number of carbonyl (C=O) groups is 1. The molecule has 0 fully saturated rings. The highest BCUT2D eigenvalue weighted by Gasteiger charge is 2.11. The van der Waals surface area contributed by atoms with Crippen LogP contribution in [0.5, 0.6) is 11.5 Å². The van der Waals surface area contributed by atoms with Crippen molar-refractivity contribution < 1.29 is 14.3 Å². The summed E-state index contributed by atoms with van der Waals surface area (Å²) in [6, 6.07) is 21.8. The highest BCUT2D eigenvalue weighted by atomic mass is 35.5. The second-order valence-electron chi connectivity index (χ2n) is 7.25. The number of nitrogens with zero attached hydrogens (tertiary/aromatic N) is 2. The summed E-state index contributed by atoms with van der Waals surface area (Å²) < 4.78 is 13.2. The van der Waals surface area contributed by atoms with Crippen molar-refractivity contribution in [2.24, 2.45) is 5.10 Å². The number of nitrogens with one attached hydrogen (secondary N) is 1. The lowest BCUT2D eigenvalue weighted by molar-refractivity contribution is 0.0955. The molecule has 4 rings (SSSR count). The lowest BCUT2D eigenvalue weighted by Gasteiger charge is -2.12. The molecule has 0 unspecified atom stereocenters. The molecule has 0 aliphatic heterocycles. The first kappa shape index (κ1) is 23.4. The van der Waals surface area contributed by atoms with Gasteiger partial charge in [-0.15, -0.1) is 0 Å². The molecule has 1 heterocycles. The number of para-hydroxylation sites is 1. The van der Waals surface area contributed by atoms with Gasteiger partial charge < -0.3 is 14.0 Å². The zero-order valence-electron chi connectivity index (χ0n) is 18.2. The van der Waals surface area contributed by atoms with Crippen LogP contribution in [0.3, 0.4) is 0 Å². The lowest BCUT2D eigenvalue weighted by Crippen LogP contribution is -2.19. The Morgan fingerprint density at radius 3 is 2.53 bits per heavy atom. The van der Waals surface area contributed by atoms with Crippen molar-refractivity contribution in [3.05, 3.63) is 112 Å². The number of benzene rings is 3. The number of hydrazone groups is 1. The first-order valence-electron chi connectivity index (χ1n) is 10.4. The fourth-order valence-corrected chi connectivity index (χ4v) is 3.61. The van der Waals surface area contributed by atoms with Gasteiger partial charge in [-0.3, -0.25) is 4.79 Å². The summed E-state index contributed by atoms with van der Waals surface area (Å²) in [5.74, 6) is 0.790. The van der Waals surface area contributed by atoms with Gasteiger partial charge in [0.25, 0.3) is 5.91 Å². The van der Waals surface area contributed by atoms with Crippen molar-refractivity contribution in [1.29, 1.82) is 0 Å². The van der Waals surface area contributed by atoms with Gasteiger partial charge in [0, 0.05) is 12.4 Å². The van der Waals surface area contributed by atoms with Crippen LogP contribution in [-0.4, -0.2) is 23.8 Å². The average molecular weight is 494 g/mol. The van der Waals surface area contributed by atoms with Gasteiger partial charge in [0.15, 0.2) is 11.5 Å². The van der Waals surface area contributed by atoms with Crippen molar-refractivity contribution in [2.75, 3.05) is 7.11 Å². The molecule has 0 aliphatic carbocycles. The maximum atomic E-state index is 12.7. The molecule has 8 heteroatoms. The predicted molar refractivity (Wildman–Crippen MR) is 135 cm³/mol. The van der Waals surface area contributed by atoms with Gasteiger partial charge in [0.2, 0.25) is 0 Å². The molecule has 6 nitrogen and oxygen atoms in total. The van der Waals surface area contributed by atoms with E-state index < -0.39 is 0 Å². The summed E-state index contributed by atoms with van der Waals surface area (Å²) in [5.41, 5.74) is 5.48. The standard InChI is InChI=1S/C26H21Cl2N3O3/c1-33-25-15-18(9-11-24(25)34-17-19-8-10-21(27)22(28)14-19)16-29-30-26(32)20-6-2-3-7-23(20)31-12-4-5-13-31/h2-16H,17H2,1H3,(H,30,32)/b29-16-. The Balaban J connectivity index is 1.42. The summed E-state index contributed by atoms with van der Waals surface area (Å²) in [6.07, 6.45) is 5.31. The molecule has 0 radical (unpaired) electrons. The summed E-state index contributed by atoms with van der Waals surface area (Å²) in [7, 11) is 1.56. The first-order valence-corrected chi connectivity index (χ1v) is 11.1. The van der Waals surface area contributed by atoms with Gasteiger partial charge in [-0.25, -0.2) is 5.43 Å². The van der Waals surface area contributed by atoms with E-state index in [1.807, 2.05) is 59.4 Å². The molecule has 1 N–H and O–H groups in total. The highest BCUT2D eigenvalue weighted by molar-refractivity contribution is 6.42. The summed E-state index contributed by atoms with van der Waals surface area (Å²) >= 11 is 12.0. The molecule has 3 aromatic carbocycles.